The van der Waals surface area contributed by atoms with Crippen LogP contribution in [-0.4, -0.2) is 22.6 Å². The Morgan fingerprint density at radius 1 is 1.21 bits per heavy atom. The standard InChI is InChI=1S/C10H18N4/c1-9(2)6-8-13(5)11-12-14(8)10(3,4)7-9/h6H,7H2,1-5H3. The molecule has 0 aromatic heterocycles. The van der Waals surface area contributed by atoms with E-state index in [1.165, 1.54) is 0 Å². The SMILES string of the molecule is CN1N=NN2C1=CC(C)(C)CC2(C)C. The average Bonchev–Trinajstić information content (AvgIpc) is 2.28. The molecule has 0 aromatic rings. The van der Waals surface area contributed by atoms with Gasteiger partial charge < -0.3 is 0 Å². The van der Waals surface area contributed by atoms with Crippen LogP contribution in [0.3, 0.4) is 0 Å². The fourth-order valence-corrected chi connectivity index (χ4v) is 2.50. The number of allylic oxidation sites excluding steroid dienone is 1. The Hall–Kier alpha value is -1.06. The number of hydrogen-bond acceptors (Lipinski definition) is 4. The van der Waals surface area contributed by atoms with Crippen LogP contribution in [0.15, 0.2) is 22.3 Å². The second-order valence-electron chi connectivity index (χ2n) is 5.49. The van der Waals surface area contributed by atoms with Gasteiger partial charge in [0, 0.05) is 7.05 Å². The molecule has 0 unspecified atom stereocenters. The van der Waals surface area contributed by atoms with E-state index in [1.807, 2.05) is 17.1 Å². The molecule has 78 valence electrons. The van der Waals surface area contributed by atoms with Gasteiger partial charge in [-0.1, -0.05) is 13.8 Å². The Balaban J connectivity index is 2.44. The molecular formula is C10H18N4. The van der Waals surface area contributed by atoms with E-state index in [1.54, 1.807) is 0 Å². The molecule has 0 radical (unpaired) electrons. The Morgan fingerprint density at radius 2 is 1.86 bits per heavy atom. The molecule has 2 heterocycles. The van der Waals surface area contributed by atoms with Gasteiger partial charge in [-0.3, -0.25) is 0 Å². The van der Waals surface area contributed by atoms with Crippen molar-refractivity contribution in [2.24, 2.45) is 15.9 Å². The minimum absolute atomic E-state index is 0.0574. The van der Waals surface area contributed by atoms with Crippen molar-refractivity contribution in [2.45, 2.75) is 39.7 Å². The van der Waals surface area contributed by atoms with Crippen LogP contribution in [-0.2, 0) is 0 Å². The summed E-state index contributed by atoms with van der Waals surface area (Å²) in [6, 6.07) is 0. The van der Waals surface area contributed by atoms with E-state index < -0.39 is 0 Å². The second-order valence-corrected chi connectivity index (χ2v) is 5.49. The smallest absolute Gasteiger partial charge is 0.145 e. The maximum absolute atomic E-state index is 4.17. The molecule has 0 saturated carbocycles. The van der Waals surface area contributed by atoms with E-state index in [4.69, 9.17) is 0 Å². The highest BCUT2D eigenvalue weighted by Gasteiger charge is 2.42. The van der Waals surface area contributed by atoms with Crippen LogP contribution in [0.4, 0.5) is 0 Å². The largest absolute Gasteiger partial charge is 0.231 e. The van der Waals surface area contributed by atoms with Crippen LogP contribution in [0, 0.1) is 5.41 Å². The first kappa shape index (κ1) is 9.49. The van der Waals surface area contributed by atoms with Gasteiger partial charge in [0.05, 0.1) is 5.54 Å². The Labute approximate surface area is 85.2 Å². The summed E-state index contributed by atoms with van der Waals surface area (Å²) in [5.74, 6) is 1.10. The Morgan fingerprint density at radius 3 is 2.50 bits per heavy atom. The molecule has 0 aliphatic carbocycles. The summed E-state index contributed by atoms with van der Waals surface area (Å²) in [6.45, 7) is 8.93. The lowest BCUT2D eigenvalue weighted by atomic mass is 9.77. The third-order valence-corrected chi connectivity index (χ3v) is 2.79. The summed E-state index contributed by atoms with van der Waals surface area (Å²) in [4.78, 5) is 0. The fourth-order valence-electron chi connectivity index (χ4n) is 2.50. The van der Waals surface area contributed by atoms with E-state index in [2.05, 4.69) is 44.2 Å². The van der Waals surface area contributed by atoms with Gasteiger partial charge in [0.2, 0.25) is 0 Å². The van der Waals surface area contributed by atoms with E-state index in [0.29, 0.717) is 0 Å². The topological polar surface area (TPSA) is 31.2 Å². The molecule has 0 fully saturated rings. The lowest BCUT2D eigenvalue weighted by Gasteiger charge is -2.43. The predicted molar refractivity (Wildman–Crippen MR) is 55.0 cm³/mol. The molecule has 0 bridgehead atoms. The molecule has 4 heteroatoms. The van der Waals surface area contributed by atoms with Crippen molar-refractivity contribution in [3.05, 3.63) is 11.9 Å². The molecule has 2 aliphatic heterocycles. The summed E-state index contributed by atoms with van der Waals surface area (Å²) in [7, 11) is 1.94. The first-order chi connectivity index (χ1) is 6.32. The molecule has 0 spiro atoms. The van der Waals surface area contributed by atoms with Crippen molar-refractivity contribution in [3.8, 4) is 0 Å². The van der Waals surface area contributed by atoms with Crippen molar-refractivity contribution in [2.75, 3.05) is 7.05 Å². The first-order valence-corrected chi connectivity index (χ1v) is 5.00. The van der Waals surface area contributed by atoms with E-state index in [9.17, 15) is 0 Å². The first-order valence-electron chi connectivity index (χ1n) is 5.00. The van der Waals surface area contributed by atoms with Gasteiger partial charge in [-0.25, -0.2) is 10.0 Å². The zero-order valence-corrected chi connectivity index (χ0v) is 9.57. The lowest BCUT2D eigenvalue weighted by molar-refractivity contribution is 0.0916. The van der Waals surface area contributed by atoms with E-state index >= 15 is 0 Å². The number of hydrogen-bond donors (Lipinski definition) is 0. The fraction of sp³-hybridized carbons (Fsp3) is 0.800. The zero-order valence-electron chi connectivity index (χ0n) is 9.57. The molecular weight excluding hydrogens is 176 g/mol. The third kappa shape index (κ3) is 1.29. The summed E-state index contributed by atoms with van der Waals surface area (Å²) in [5, 5.41) is 12.1. The molecule has 14 heavy (non-hydrogen) atoms. The molecule has 0 saturated heterocycles. The van der Waals surface area contributed by atoms with Crippen LogP contribution in [0.25, 0.3) is 0 Å². The molecule has 2 aliphatic rings. The zero-order chi connectivity index (χ0) is 10.6. The van der Waals surface area contributed by atoms with E-state index in [-0.39, 0.29) is 11.0 Å². The van der Waals surface area contributed by atoms with Crippen molar-refractivity contribution in [1.82, 2.24) is 10.0 Å². The Kier molecular flexibility index (Phi) is 1.69. The van der Waals surface area contributed by atoms with Crippen molar-refractivity contribution in [3.63, 3.8) is 0 Å². The Bertz CT molecular complexity index is 314. The number of rotatable bonds is 0. The molecule has 0 aromatic carbocycles. The van der Waals surface area contributed by atoms with Gasteiger partial charge in [0.15, 0.2) is 0 Å². The number of fused-ring (bicyclic) bond motifs is 1. The van der Waals surface area contributed by atoms with Gasteiger partial charge in [0.1, 0.15) is 5.82 Å². The maximum Gasteiger partial charge on any atom is 0.145 e. The molecule has 2 rings (SSSR count). The number of nitrogens with zero attached hydrogens (tertiary/aromatic N) is 4. The van der Waals surface area contributed by atoms with Gasteiger partial charge in [-0.2, -0.15) is 0 Å². The van der Waals surface area contributed by atoms with Gasteiger partial charge >= 0.3 is 0 Å². The van der Waals surface area contributed by atoms with E-state index in [0.717, 1.165) is 12.2 Å². The highest BCUT2D eigenvalue weighted by atomic mass is 15.8. The predicted octanol–water partition coefficient (Wildman–Crippen LogP) is 2.57. The third-order valence-electron chi connectivity index (χ3n) is 2.79. The normalized spacial score (nSPS) is 27.6. The molecule has 4 nitrogen and oxygen atoms in total. The van der Waals surface area contributed by atoms with Gasteiger partial charge in [0.25, 0.3) is 0 Å². The van der Waals surface area contributed by atoms with Crippen LogP contribution < -0.4 is 0 Å². The summed E-state index contributed by atoms with van der Waals surface area (Å²) in [6.07, 6.45) is 3.34. The minimum Gasteiger partial charge on any atom is -0.231 e. The van der Waals surface area contributed by atoms with Crippen molar-refractivity contribution in [1.29, 1.82) is 0 Å². The average molecular weight is 194 g/mol. The van der Waals surface area contributed by atoms with Crippen molar-refractivity contribution < 1.29 is 0 Å². The van der Waals surface area contributed by atoms with Crippen molar-refractivity contribution >= 4 is 0 Å². The quantitative estimate of drug-likeness (QED) is 0.593. The van der Waals surface area contributed by atoms with Crippen LogP contribution in [0.2, 0.25) is 0 Å². The van der Waals surface area contributed by atoms with Gasteiger partial charge in [-0.15, -0.1) is 0 Å². The monoisotopic (exact) mass is 194 g/mol. The minimum atomic E-state index is 0.0574. The molecule has 0 amide bonds. The van der Waals surface area contributed by atoms with Crippen LogP contribution in [0.5, 0.6) is 0 Å². The van der Waals surface area contributed by atoms with Crippen LogP contribution in [0.1, 0.15) is 34.1 Å². The van der Waals surface area contributed by atoms with Crippen LogP contribution >= 0.6 is 0 Å². The molecule has 0 N–H and O–H groups in total. The molecule has 0 atom stereocenters. The van der Waals surface area contributed by atoms with Gasteiger partial charge in [-0.05, 0) is 42.2 Å². The maximum atomic E-state index is 4.17. The summed E-state index contributed by atoms with van der Waals surface area (Å²) in [5.41, 5.74) is 0.279. The highest BCUT2D eigenvalue weighted by molar-refractivity contribution is 5.15. The highest BCUT2D eigenvalue weighted by Crippen LogP contribution is 2.43. The summed E-state index contributed by atoms with van der Waals surface area (Å²) >= 11 is 0. The lowest BCUT2D eigenvalue weighted by Crippen LogP contribution is -2.46. The second kappa shape index (κ2) is 2.49. The summed E-state index contributed by atoms with van der Waals surface area (Å²) < 4.78 is 0.